The molecule has 0 bridgehead atoms. The van der Waals surface area contributed by atoms with Gasteiger partial charge in [0.15, 0.2) is 0 Å². The highest BCUT2D eigenvalue weighted by molar-refractivity contribution is 5.96. The topological polar surface area (TPSA) is 67.9 Å². The van der Waals surface area contributed by atoms with Gasteiger partial charge in [-0.05, 0) is 49.9 Å². The number of amides is 2. The summed E-state index contributed by atoms with van der Waals surface area (Å²) in [6.07, 6.45) is 2.83. The first kappa shape index (κ1) is 20.7. The summed E-state index contributed by atoms with van der Waals surface area (Å²) in [4.78, 5) is 27.3. The molecule has 0 aliphatic heterocycles. The van der Waals surface area contributed by atoms with Crippen LogP contribution in [0, 0.1) is 11.8 Å². The van der Waals surface area contributed by atoms with Crippen molar-refractivity contribution in [1.82, 2.24) is 0 Å². The van der Waals surface area contributed by atoms with Gasteiger partial charge in [-0.15, -0.1) is 0 Å². The summed E-state index contributed by atoms with van der Waals surface area (Å²) in [6, 6.07) is 14.9. The third kappa shape index (κ3) is 4.88. The van der Waals surface area contributed by atoms with Gasteiger partial charge in [0.25, 0.3) is 0 Å². The van der Waals surface area contributed by atoms with Crippen LogP contribution in [0.5, 0.6) is 11.5 Å². The number of methoxy groups -OCH3 is 2. The van der Waals surface area contributed by atoms with Crippen molar-refractivity contribution in [2.45, 2.75) is 25.7 Å². The molecular weight excluding hydrogens is 368 g/mol. The van der Waals surface area contributed by atoms with E-state index in [4.69, 9.17) is 9.47 Å². The SMILES string of the molecule is COc1ccc(NC(=O)C2CCC(C(=O)N(C)c3ccccc3)CC2)c(OC)c1. The van der Waals surface area contributed by atoms with Crippen molar-refractivity contribution < 1.29 is 19.1 Å². The molecule has 3 rings (SSSR count). The average molecular weight is 396 g/mol. The van der Waals surface area contributed by atoms with Crippen LogP contribution < -0.4 is 19.7 Å². The van der Waals surface area contributed by atoms with Crippen molar-refractivity contribution in [3.63, 3.8) is 0 Å². The zero-order chi connectivity index (χ0) is 20.8. The number of hydrogen-bond donors (Lipinski definition) is 1. The van der Waals surface area contributed by atoms with E-state index in [1.807, 2.05) is 37.4 Å². The lowest BCUT2D eigenvalue weighted by Crippen LogP contribution is -2.36. The molecule has 0 saturated heterocycles. The fourth-order valence-electron chi connectivity index (χ4n) is 3.79. The van der Waals surface area contributed by atoms with E-state index in [-0.39, 0.29) is 23.7 Å². The molecule has 2 amide bonds. The molecule has 1 aliphatic rings. The van der Waals surface area contributed by atoms with E-state index in [2.05, 4.69) is 5.32 Å². The van der Waals surface area contributed by atoms with Gasteiger partial charge in [-0.25, -0.2) is 0 Å². The molecule has 154 valence electrons. The van der Waals surface area contributed by atoms with Crippen LogP contribution in [0.25, 0.3) is 0 Å². The minimum Gasteiger partial charge on any atom is -0.497 e. The second kappa shape index (κ2) is 9.45. The zero-order valence-electron chi connectivity index (χ0n) is 17.2. The summed E-state index contributed by atoms with van der Waals surface area (Å²) < 4.78 is 10.5. The van der Waals surface area contributed by atoms with Crippen LogP contribution in [0.1, 0.15) is 25.7 Å². The summed E-state index contributed by atoms with van der Waals surface area (Å²) in [6.45, 7) is 0. The molecule has 0 atom stereocenters. The zero-order valence-corrected chi connectivity index (χ0v) is 17.2. The molecule has 2 aromatic carbocycles. The van der Waals surface area contributed by atoms with Crippen molar-refractivity contribution in [3.05, 3.63) is 48.5 Å². The number of nitrogens with zero attached hydrogens (tertiary/aromatic N) is 1. The Morgan fingerprint density at radius 2 is 1.59 bits per heavy atom. The molecule has 0 aromatic heterocycles. The van der Waals surface area contributed by atoms with Crippen LogP contribution in [0.3, 0.4) is 0 Å². The molecule has 0 spiro atoms. The van der Waals surface area contributed by atoms with E-state index < -0.39 is 0 Å². The summed E-state index contributed by atoms with van der Waals surface area (Å²) in [5, 5.41) is 2.96. The lowest BCUT2D eigenvalue weighted by Gasteiger charge is -2.30. The molecule has 1 aliphatic carbocycles. The highest BCUT2D eigenvalue weighted by Crippen LogP contribution is 2.34. The molecule has 0 heterocycles. The van der Waals surface area contributed by atoms with E-state index in [1.54, 1.807) is 37.3 Å². The van der Waals surface area contributed by atoms with Crippen LogP contribution in [-0.4, -0.2) is 33.1 Å². The Kier molecular flexibility index (Phi) is 6.75. The molecule has 6 heteroatoms. The summed E-state index contributed by atoms with van der Waals surface area (Å²) >= 11 is 0. The Hall–Kier alpha value is -3.02. The third-order valence-corrected chi connectivity index (χ3v) is 5.59. The first-order chi connectivity index (χ1) is 14.0. The van der Waals surface area contributed by atoms with Gasteiger partial charge in [0.1, 0.15) is 11.5 Å². The first-order valence-corrected chi connectivity index (χ1v) is 9.89. The molecule has 0 unspecified atom stereocenters. The highest BCUT2D eigenvalue weighted by Gasteiger charge is 2.32. The van der Waals surface area contributed by atoms with Crippen LogP contribution in [-0.2, 0) is 9.59 Å². The Morgan fingerprint density at radius 3 is 2.21 bits per heavy atom. The maximum Gasteiger partial charge on any atom is 0.229 e. The predicted molar refractivity (Wildman–Crippen MR) is 113 cm³/mol. The fourth-order valence-corrected chi connectivity index (χ4v) is 3.79. The number of benzene rings is 2. The molecule has 1 fully saturated rings. The maximum atomic E-state index is 12.8. The van der Waals surface area contributed by atoms with E-state index >= 15 is 0 Å². The molecule has 1 N–H and O–H groups in total. The van der Waals surface area contributed by atoms with Gasteiger partial charge in [-0.1, -0.05) is 18.2 Å². The van der Waals surface area contributed by atoms with Crippen LogP contribution in [0.4, 0.5) is 11.4 Å². The molecule has 1 saturated carbocycles. The predicted octanol–water partition coefficient (Wildman–Crippen LogP) is 4.11. The normalized spacial score (nSPS) is 18.6. The van der Waals surface area contributed by atoms with Gasteiger partial charge in [0, 0.05) is 30.6 Å². The number of ether oxygens (including phenoxy) is 2. The number of carbonyl (C=O) groups is 2. The Balaban J connectivity index is 1.56. The molecular formula is C23H28N2O4. The molecule has 29 heavy (non-hydrogen) atoms. The minimum atomic E-state index is -0.104. The lowest BCUT2D eigenvalue weighted by atomic mass is 9.81. The van der Waals surface area contributed by atoms with Crippen molar-refractivity contribution >= 4 is 23.2 Å². The van der Waals surface area contributed by atoms with Gasteiger partial charge >= 0.3 is 0 Å². The van der Waals surface area contributed by atoms with E-state index in [0.717, 1.165) is 5.69 Å². The third-order valence-electron chi connectivity index (χ3n) is 5.59. The maximum absolute atomic E-state index is 12.8. The van der Waals surface area contributed by atoms with E-state index in [9.17, 15) is 9.59 Å². The number of anilines is 2. The Bertz CT molecular complexity index is 845. The van der Waals surface area contributed by atoms with Crippen LogP contribution in [0.15, 0.2) is 48.5 Å². The number of para-hydroxylation sites is 1. The van der Waals surface area contributed by atoms with Crippen molar-refractivity contribution in [1.29, 1.82) is 0 Å². The molecule has 0 radical (unpaired) electrons. The quantitative estimate of drug-likeness (QED) is 0.798. The fraction of sp³-hybridized carbons (Fsp3) is 0.391. The van der Waals surface area contributed by atoms with E-state index in [1.165, 1.54) is 0 Å². The van der Waals surface area contributed by atoms with Crippen LogP contribution in [0.2, 0.25) is 0 Å². The minimum absolute atomic E-state index is 0.0317. The van der Waals surface area contributed by atoms with Gasteiger partial charge < -0.3 is 19.7 Å². The second-order valence-corrected chi connectivity index (χ2v) is 7.34. The lowest BCUT2D eigenvalue weighted by molar-refractivity contribution is -0.126. The van der Waals surface area contributed by atoms with Gasteiger partial charge in [0.05, 0.1) is 19.9 Å². The van der Waals surface area contributed by atoms with Crippen molar-refractivity contribution in [2.24, 2.45) is 11.8 Å². The monoisotopic (exact) mass is 396 g/mol. The summed E-state index contributed by atoms with van der Waals surface area (Å²) in [7, 11) is 4.96. The second-order valence-electron chi connectivity index (χ2n) is 7.34. The van der Waals surface area contributed by atoms with Gasteiger partial charge in [-0.2, -0.15) is 0 Å². The number of hydrogen-bond acceptors (Lipinski definition) is 4. The Morgan fingerprint density at radius 1 is 0.931 bits per heavy atom. The van der Waals surface area contributed by atoms with Crippen molar-refractivity contribution in [3.8, 4) is 11.5 Å². The van der Waals surface area contributed by atoms with Crippen LogP contribution >= 0.6 is 0 Å². The molecule has 2 aromatic rings. The first-order valence-electron chi connectivity index (χ1n) is 9.89. The number of nitrogens with one attached hydrogen (secondary N) is 1. The van der Waals surface area contributed by atoms with E-state index in [0.29, 0.717) is 42.9 Å². The highest BCUT2D eigenvalue weighted by atomic mass is 16.5. The number of rotatable bonds is 6. The van der Waals surface area contributed by atoms with Gasteiger partial charge in [0.2, 0.25) is 11.8 Å². The standard InChI is InChI=1S/C23H28N2O4/c1-25(18-7-5-4-6-8-18)23(27)17-11-9-16(10-12-17)22(26)24-20-14-13-19(28-2)15-21(20)29-3/h4-8,13-17H,9-12H2,1-3H3,(H,24,26). The number of carbonyl (C=O) groups excluding carboxylic acids is 2. The van der Waals surface area contributed by atoms with Crippen molar-refractivity contribution in [2.75, 3.05) is 31.5 Å². The Labute approximate surface area is 171 Å². The summed E-state index contributed by atoms with van der Waals surface area (Å²) in [5.41, 5.74) is 1.52. The average Bonchev–Trinajstić information content (AvgIpc) is 2.79. The van der Waals surface area contributed by atoms with Gasteiger partial charge in [-0.3, -0.25) is 9.59 Å². The largest absolute Gasteiger partial charge is 0.497 e. The summed E-state index contributed by atoms with van der Waals surface area (Å²) in [5.74, 6) is 1.17. The molecule has 6 nitrogen and oxygen atoms in total. The smallest absolute Gasteiger partial charge is 0.229 e.